The van der Waals surface area contributed by atoms with Gasteiger partial charge < -0.3 is 18.9 Å². The number of fused-ring (bicyclic) bond motifs is 4. The van der Waals surface area contributed by atoms with Crippen LogP contribution in [-0.4, -0.2) is 25.5 Å². The van der Waals surface area contributed by atoms with Crippen LogP contribution in [0.25, 0.3) is 54.2 Å². The maximum absolute atomic E-state index is 13.4. The fourth-order valence-corrected chi connectivity index (χ4v) is 8.90. The zero-order valence-electron chi connectivity index (χ0n) is 38.1. The number of aryl methyl sites for hydroxylation is 2. The van der Waals surface area contributed by atoms with Crippen LogP contribution in [0.5, 0.6) is 11.5 Å². The van der Waals surface area contributed by atoms with E-state index < -0.39 is 12.3 Å². The van der Waals surface area contributed by atoms with E-state index in [4.69, 9.17) is 18.9 Å². The van der Waals surface area contributed by atoms with Crippen LogP contribution in [0.15, 0.2) is 84.9 Å². The van der Waals surface area contributed by atoms with Crippen molar-refractivity contribution >= 4 is 55.4 Å². The van der Waals surface area contributed by atoms with Crippen LogP contribution in [0.1, 0.15) is 154 Å². The van der Waals surface area contributed by atoms with E-state index in [0.29, 0.717) is 24.7 Å². The molecule has 0 bridgehead atoms. The lowest BCUT2D eigenvalue weighted by molar-refractivity contribution is 0.0973. The molecule has 0 unspecified atom stereocenters. The molecule has 0 atom stereocenters. The molecule has 6 aromatic carbocycles. The van der Waals surface area contributed by atoms with Gasteiger partial charge in [0.15, 0.2) is 0 Å². The highest BCUT2D eigenvalue weighted by atomic mass is 16.7. The van der Waals surface area contributed by atoms with Crippen LogP contribution in [0, 0.1) is 0 Å². The molecule has 0 fully saturated rings. The van der Waals surface area contributed by atoms with Crippen LogP contribution in [-0.2, 0) is 22.3 Å². The van der Waals surface area contributed by atoms with Crippen LogP contribution in [0.3, 0.4) is 0 Å². The van der Waals surface area contributed by atoms with Crippen LogP contribution in [0.2, 0.25) is 0 Å². The van der Waals surface area contributed by atoms with Gasteiger partial charge in [-0.2, -0.15) is 0 Å². The van der Waals surface area contributed by atoms with Crippen molar-refractivity contribution in [1.82, 2.24) is 0 Å². The smallest absolute Gasteiger partial charge is 0.434 e. The quantitative estimate of drug-likeness (QED) is 0.0247. The number of unbranched alkanes of at least 4 members (excludes halogenated alkanes) is 14. The van der Waals surface area contributed by atoms with Crippen LogP contribution >= 0.6 is 0 Å². The van der Waals surface area contributed by atoms with Crippen molar-refractivity contribution in [1.29, 1.82) is 0 Å². The molecule has 0 amide bonds. The Balaban J connectivity index is 1.57. The number of carbonyl (C=O) groups excluding carboxylic acids is 2. The average Bonchev–Trinajstić information content (AvgIpc) is 3.29. The standard InChI is InChI=1S/C56H70O6/c1-5-9-13-15-17-19-27-41-33-35-47-49(39-41)51(43-29-21-23-31-45(43)53(47)61-55(57)59-37-25-11-7-3)52-44-30-22-24-32-46(44)54(62-56(58)60-38-26-12-8-4)48-36-34-42(40-50(48)52)28-20-18-16-14-10-6-2/h21-24,29-36,39-40H,5-20,25-28,37-38H2,1-4H3. The highest BCUT2D eigenvalue weighted by Crippen LogP contribution is 2.50. The van der Waals surface area contributed by atoms with Crippen LogP contribution < -0.4 is 9.47 Å². The van der Waals surface area contributed by atoms with Gasteiger partial charge in [-0.15, -0.1) is 0 Å². The van der Waals surface area contributed by atoms with Gasteiger partial charge in [0.2, 0.25) is 0 Å². The van der Waals surface area contributed by atoms with Crippen molar-refractivity contribution < 1.29 is 28.5 Å². The van der Waals surface area contributed by atoms with E-state index in [-0.39, 0.29) is 0 Å². The van der Waals surface area contributed by atoms with Gasteiger partial charge in [0.25, 0.3) is 0 Å². The first-order chi connectivity index (χ1) is 30.5. The van der Waals surface area contributed by atoms with Gasteiger partial charge >= 0.3 is 12.3 Å². The molecule has 6 nitrogen and oxygen atoms in total. The zero-order chi connectivity index (χ0) is 43.5. The van der Waals surface area contributed by atoms with E-state index in [1.165, 1.54) is 75.3 Å². The molecule has 0 saturated carbocycles. The van der Waals surface area contributed by atoms with Crippen molar-refractivity contribution in [3.8, 4) is 22.6 Å². The first-order valence-corrected chi connectivity index (χ1v) is 24.1. The van der Waals surface area contributed by atoms with Crippen molar-refractivity contribution in [2.24, 2.45) is 0 Å². The molecule has 62 heavy (non-hydrogen) atoms. The lowest BCUT2D eigenvalue weighted by atomic mass is 9.84. The Morgan fingerprint density at radius 2 is 0.710 bits per heavy atom. The Kier molecular flexibility index (Phi) is 18.3. The molecule has 0 aliphatic heterocycles. The predicted octanol–water partition coefficient (Wildman–Crippen LogP) is 17.2. The Bertz CT molecular complexity index is 2210. The third-order valence-electron chi connectivity index (χ3n) is 12.3. The lowest BCUT2D eigenvalue weighted by Crippen LogP contribution is -2.12. The minimum Gasteiger partial charge on any atom is -0.434 e. The Labute approximate surface area is 370 Å². The molecular formula is C56H70O6. The first-order valence-electron chi connectivity index (χ1n) is 24.1. The highest BCUT2D eigenvalue weighted by Gasteiger charge is 2.25. The highest BCUT2D eigenvalue weighted by molar-refractivity contribution is 6.27. The Hall–Kier alpha value is -5.10. The molecule has 0 radical (unpaired) electrons. The molecule has 0 aromatic heterocycles. The van der Waals surface area contributed by atoms with E-state index in [2.05, 4.69) is 88.4 Å². The van der Waals surface area contributed by atoms with E-state index in [9.17, 15) is 9.59 Å². The normalized spacial score (nSPS) is 11.5. The van der Waals surface area contributed by atoms with Crippen molar-refractivity contribution in [3.05, 3.63) is 96.1 Å². The minimum absolute atomic E-state index is 0.322. The van der Waals surface area contributed by atoms with E-state index >= 15 is 0 Å². The molecule has 6 heteroatoms. The SMILES string of the molecule is CCCCCCCCc1ccc2c(OC(=O)OCCCCC)c3ccccc3c(-c3c4ccccc4c(OC(=O)OCCCCC)c4ccc(CCCCCCCC)cc34)c2c1. The second-order valence-electron chi connectivity index (χ2n) is 17.1. The number of benzene rings is 6. The Morgan fingerprint density at radius 3 is 1.11 bits per heavy atom. The third-order valence-corrected chi connectivity index (χ3v) is 12.3. The third kappa shape index (κ3) is 12.1. The summed E-state index contributed by atoms with van der Waals surface area (Å²) in [7, 11) is 0. The predicted molar refractivity (Wildman–Crippen MR) is 259 cm³/mol. The molecule has 6 aromatic rings. The first kappa shape index (κ1) is 46.4. The molecule has 330 valence electrons. The number of ether oxygens (including phenoxy) is 4. The second-order valence-corrected chi connectivity index (χ2v) is 17.1. The van der Waals surface area contributed by atoms with E-state index in [0.717, 1.165) is 118 Å². The van der Waals surface area contributed by atoms with Gasteiger partial charge in [-0.3, -0.25) is 0 Å². The molecule has 0 aliphatic carbocycles. The summed E-state index contributed by atoms with van der Waals surface area (Å²) >= 11 is 0. The van der Waals surface area contributed by atoms with Gasteiger partial charge in [-0.25, -0.2) is 9.59 Å². The summed E-state index contributed by atoms with van der Waals surface area (Å²) in [5, 5.41) is 7.35. The van der Waals surface area contributed by atoms with Gasteiger partial charge in [0.1, 0.15) is 11.5 Å². The largest absolute Gasteiger partial charge is 0.513 e. The zero-order valence-corrected chi connectivity index (χ0v) is 38.1. The molecule has 6 rings (SSSR count). The average molecular weight is 839 g/mol. The summed E-state index contributed by atoms with van der Waals surface area (Å²) in [5.74, 6) is 1.02. The van der Waals surface area contributed by atoms with Crippen LogP contribution in [0.4, 0.5) is 9.59 Å². The number of hydrogen-bond acceptors (Lipinski definition) is 6. The summed E-state index contributed by atoms with van der Waals surface area (Å²) in [6, 6.07) is 29.8. The van der Waals surface area contributed by atoms with Gasteiger partial charge in [-0.05, 0) is 82.3 Å². The molecular weight excluding hydrogens is 769 g/mol. The van der Waals surface area contributed by atoms with E-state index in [1.807, 2.05) is 24.3 Å². The summed E-state index contributed by atoms with van der Waals surface area (Å²) in [4.78, 5) is 26.8. The van der Waals surface area contributed by atoms with Gasteiger partial charge in [0, 0.05) is 21.5 Å². The van der Waals surface area contributed by atoms with Crippen molar-refractivity contribution in [2.45, 2.75) is 156 Å². The number of hydrogen-bond donors (Lipinski definition) is 0. The fraction of sp³-hybridized carbons (Fsp3) is 0.464. The van der Waals surface area contributed by atoms with Crippen molar-refractivity contribution in [3.63, 3.8) is 0 Å². The summed E-state index contributed by atoms with van der Waals surface area (Å²) in [6.45, 7) is 9.42. The van der Waals surface area contributed by atoms with Crippen molar-refractivity contribution in [2.75, 3.05) is 13.2 Å². The second kappa shape index (κ2) is 24.5. The molecule has 0 aliphatic rings. The summed E-state index contributed by atoms with van der Waals surface area (Å²) in [5.41, 5.74) is 4.63. The number of rotatable bonds is 25. The monoisotopic (exact) mass is 839 g/mol. The van der Waals surface area contributed by atoms with Gasteiger partial charge in [0.05, 0.1) is 13.2 Å². The van der Waals surface area contributed by atoms with Gasteiger partial charge in [-0.1, -0.05) is 203 Å². The molecule has 0 saturated heterocycles. The molecule has 0 heterocycles. The maximum Gasteiger partial charge on any atom is 0.513 e. The fourth-order valence-electron chi connectivity index (χ4n) is 8.90. The molecule has 0 spiro atoms. The Morgan fingerprint density at radius 1 is 0.371 bits per heavy atom. The number of carbonyl (C=O) groups is 2. The summed E-state index contributed by atoms with van der Waals surface area (Å²) in [6.07, 6.45) is 20.9. The molecule has 0 N–H and O–H groups in total. The minimum atomic E-state index is -0.685. The van der Waals surface area contributed by atoms with E-state index in [1.54, 1.807) is 0 Å². The summed E-state index contributed by atoms with van der Waals surface area (Å²) < 4.78 is 23.7. The lowest BCUT2D eigenvalue weighted by Gasteiger charge is -2.22. The maximum atomic E-state index is 13.4. The topological polar surface area (TPSA) is 71.1 Å².